The largest absolute Gasteiger partial charge is 0.482 e. The van der Waals surface area contributed by atoms with Gasteiger partial charge in [-0.05, 0) is 43.7 Å². The molecule has 3 N–H and O–H groups in total. The van der Waals surface area contributed by atoms with Gasteiger partial charge in [0.1, 0.15) is 5.75 Å². The maximum Gasteiger partial charge on any atom is 0.262 e. The van der Waals surface area contributed by atoms with Crippen LogP contribution in [0.15, 0.2) is 29.1 Å². The van der Waals surface area contributed by atoms with Crippen LogP contribution in [0.2, 0.25) is 0 Å². The number of anilines is 1. The Morgan fingerprint density at radius 3 is 2.79 bits per heavy atom. The summed E-state index contributed by atoms with van der Waals surface area (Å²) in [5, 5.41) is 5.38. The molecule has 0 spiro atoms. The molecule has 0 radical (unpaired) electrons. The Morgan fingerprint density at radius 2 is 2.04 bits per heavy atom. The third kappa shape index (κ3) is 3.15. The van der Waals surface area contributed by atoms with Crippen molar-refractivity contribution in [2.75, 3.05) is 11.9 Å². The molecule has 0 saturated carbocycles. The van der Waals surface area contributed by atoms with Crippen molar-refractivity contribution in [2.45, 2.75) is 20.4 Å². The molecule has 1 aromatic carbocycles. The number of aromatic nitrogens is 1. The predicted octanol–water partition coefficient (Wildman–Crippen LogP) is 1.25. The fraction of sp³-hybridized carbons (Fsp3) is 0.235. The van der Waals surface area contributed by atoms with Gasteiger partial charge in [-0.3, -0.25) is 14.4 Å². The van der Waals surface area contributed by atoms with E-state index in [1.165, 1.54) is 0 Å². The molecule has 1 aliphatic rings. The van der Waals surface area contributed by atoms with Crippen LogP contribution in [0.25, 0.3) is 0 Å². The second kappa shape index (κ2) is 6.19. The quantitative estimate of drug-likeness (QED) is 0.790. The van der Waals surface area contributed by atoms with Gasteiger partial charge in [-0.2, -0.15) is 0 Å². The molecule has 0 saturated heterocycles. The fourth-order valence-corrected chi connectivity index (χ4v) is 2.60. The number of amides is 2. The van der Waals surface area contributed by atoms with Crippen LogP contribution in [0.3, 0.4) is 0 Å². The van der Waals surface area contributed by atoms with Crippen LogP contribution in [0.1, 0.15) is 27.2 Å². The lowest BCUT2D eigenvalue weighted by molar-refractivity contribution is -0.118. The summed E-state index contributed by atoms with van der Waals surface area (Å²) in [6, 6.07) is 6.65. The van der Waals surface area contributed by atoms with Crippen molar-refractivity contribution in [3.8, 4) is 5.75 Å². The number of carbonyl (C=O) groups excluding carboxylic acids is 2. The Labute approximate surface area is 138 Å². The molecule has 0 atom stereocenters. The highest BCUT2D eigenvalue weighted by Gasteiger charge is 2.18. The van der Waals surface area contributed by atoms with Gasteiger partial charge in [-0.1, -0.05) is 0 Å². The molecule has 2 amide bonds. The summed E-state index contributed by atoms with van der Waals surface area (Å²) in [5.74, 6) is -0.0733. The van der Waals surface area contributed by atoms with E-state index in [1.54, 1.807) is 25.1 Å². The van der Waals surface area contributed by atoms with Gasteiger partial charge in [0.25, 0.3) is 17.4 Å². The van der Waals surface area contributed by atoms with E-state index in [0.717, 1.165) is 11.3 Å². The number of aryl methyl sites for hydroxylation is 2. The first-order chi connectivity index (χ1) is 11.4. The average Bonchev–Trinajstić information content (AvgIpc) is 2.52. The molecule has 1 aromatic heterocycles. The first-order valence-corrected chi connectivity index (χ1v) is 7.48. The molecule has 124 valence electrons. The minimum atomic E-state index is -0.336. The molecule has 24 heavy (non-hydrogen) atoms. The van der Waals surface area contributed by atoms with E-state index in [-0.39, 0.29) is 30.5 Å². The molecule has 2 heterocycles. The van der Waals surface area contributed by atoms with Crippen LogP contribution in [-0.2, 0) is 11.3 Å². The number of aromatic amines is 1. The van der Waals surface area contributed by atoms with Crippen molar-refractivity contribution in [1.82, 2.24) is 10.3 Å². The van der Waals surface area contributed by atoms with Crippen molar-refractivity contribution in [3.05, 3.63) is 57.0 Å². The second-order valence-electron chi connectivity index (χ2n) is 5.67. The number of benzene rings is 1. The van der Waals surface area contributed by atoms with Crippen LogP contribution >= 0.6 is 0 Å². The molecule has 0 unspecified atom stereocenters. The number of nitrogens with one attached hydrogen (secondary N) is 3. The number of rotatable bonds is 3. The zero-order valence-electron chi connectivity index (χ0n) is 13.4. The number of pyridine rings is 1. The van der Waals surface area contributed by atoms with Crippen LogP contribution in [-0.4, -0.2) is 23.4 Å². The summed E-state index contributed by atoms with van der Waals surface area (Å²) in [4.78, 5) is 38.3. The standard InChI is InChI=1S/C17H17N3O4/c1-9-5-10(2)19-17(23)12(9)7-18-16(22)11-3-4-14-13(6-11)20-15(21)8-24-14/h3-6H,7-8H2,1-2H3,(H,18,22)(H,19,23)(H,20,21). The predicted molar refractivity (Wildman–Crippen MR) is 88.3 cm³/mol. The molecular weight excluding hydrogens is 310 g/mol. The monoisotopic (exact) mass is 327 g/mol. The van der Waals surface area contributed by atoms with Crippen molar-refractivity contribution in [2.24, 2.45) is 0 Å². The Kier molecular flexibility index (Phi) is 4.07. The minimum absolute atomic E-state index is 0.0337. The zero-order valence-corrected chi connectivity index (χ0v) is 13.4. The van der Waals surface area contributed by atoms with E-state index in [0.29, 0.717) is 22.6 Å². The van der Waals surface area contributed by atoms with Crippen molar-refractivity contribution >= 4 is 17.5 Å². The number of carbonyl (C=O) groups is 2. The van der Waals surface area contributed by atoms with E-state index in [2.05, 4.69) is 15.6 Å². The zero-order chi connectivity index (χ0) is 17.3. The molecule has 1 aliphatic heterocycles. The average molecular weight is 327 g/mol. The first kappa shape index (κ1) is 15.8. The number of ether oxygens (including phenoxy) is 1. The third-order valence-corrected chi connectivity index (χ3v) is 3.79. The minimum Gasteiger partial charge on any atom is -0.482 e. The van der Waals surface area contributed by atoms with Crippen LogP contribution in [0.5, 0.6) is 5.75 Å². The summed E-state index contributed by atoms with van der Waals surface area (Å²) >= 11 is 0. The number of H-pyrrole nitrogens is 1. The van der Waals surface area contributed by atoms with Crippen molar-refractivity contribution in [3.63, 3.8) is 0 Å². The summed E-state index contributed by atoms with van der Waals surface area (Å²) in [6.45, 7) is 3.73. The Bertz CT molecular complexity index is 886. The molecule has 0 aliphatic carbocycles. The van der Waals surface area contributed by atoms with E-state index >= 15 is 0 Å². The highest BCUT2D eigenvalue weighted by atomic mass is 16.5. The number of hydrogen-bond acceptors (Lipinski definition) is 4. The maximum absolute atomic E-state index is 12.3. The molecule has 2 aromatic rings. The van der Waals surface area contributed by atoms with Gasteiger partial charge >= 0.3 is 0 Å². The highest BCUT2D eigenvalue weighted by molar-refractivity contribution is 5.99. The molecule has 7 nitrogen and oxygen atoms in total. The molecule has 3 rings (SSSR count). The molecular formula is C17H17N3O4. The van der Waals surface area contributed by atoms with Crippen molar-refractivity contribution in [1.29, 1.82) is 0 Å². The van der Waals surface area contributed by atoms with Crippen LogP contribution in [0, 0.1) is 13.8 Å². The van der Waals surface area contributed by atoms with Crippen molar-refractivity contribution < 1.29 is 14.3 Å². The third-order valence-electron chi connectivity index (χ3n) is 3.79. The normalized spacial score (nSPS) is 12.8. The first-order valence-electron chi connectivity index (χ1n) is 7.48. The summed E-state index contributed by atoms with van der Waals surface area (Å²) in [7, 11) is 0. The number of fused-ring (bicyclic) bond motifs is 1. The maximum atomic E-state index is 12.3. The van der Waals surface area contributed by atoms with Gasteiger partial charge in [0, 0.05) is 23.4 Å². The topological polar surface area (TPSA) is 100 Å². The lowest BCUT2D eigenvalue weighted by Crippen LogP contribution is -2.29. The molecule has 0 fully saturated rings. The Morgan fingerprint density at radius 1 is 1.25 bits per heavy atom. The van der Waals surface area contributed by atoms with Gasteiger partial charge in [-0.25, -0.2) is 0 Å². The summed E-state index contributed by atoms with van der Waals surface area (Å²) in [6.07, 6.45) is 0. The van der Waals surface area contributed by atoms with Gasteiger partial charge < -0.3 is 20.4 Å². The molecule has 0 bridgehead atoms. The van der Waals surface area contributed by atoms with Gasteiger partial charge in [0.15, 0.2) is 6.61 Å². The smallest absolute Gasteiger partial charge is 0.262 e. The molecule has 7 heteroatoms. The Hall–Kier alpha value is -3.09. The van der Waals surface area contributed by atoms with Gasteiger partial charge in [0.05, 0.1) is 5.69 Å². The SMILES string of the molecule is Cc1cc(C)c(CNC(=O)c2ccc3c(c2)NC(=O)CO3)c(=O)[nH]1. The lowest BCUT2D eigenvalue weighted by Gasteiger charge is -2.18. The lowest BCUT2D eigenvalue weighted by atomic mass is 10.1. The highest BCUT2D eigenvalue weighted by Crippen LogP contribution is 2.28. The van der Waals surface area contributed by atoms with Gasteiger partial charge in [0.2, 0.25) is 0 Å². The van der Waals surface area contributed by atoms with E-state index in [9.17, 15) is 14.4 Å². The van der Waals surface area contributed by atoms with E-state index in [1.807, 2.05) is 13.0 Å². The van der Waals surface area contributed by atoms with Crippen LogP contribution in [0.4, 0.5) is 5.69 Å². The summed E-state index contributed by atoms with van der Waals surface area (Å²) < 4.78 is 5.25. The number of hydrogen-bond donors (Lipinski definition) is 3. The van der Waals surface area contributed by atoms with Gasteiger partial charge in [-0.15, -0.1) is 0 Å². The Balaban J connectivity index is 1.75. The second-order valence-corrected chi connectivity index (χ2v) is 5.67. The summed E-state index contributed by atoms with van der Waals surface area (Å²) in [5.41, 5.74) is 2.74. The van der Waals surface area contributed by atoms with E-state index < -0.39 is 0 Å². The van der Waals surface area contributed by atoms with E-state index in [4.69, 9.17) is 4.74 Å². The van der Waals surface area contributed by atoms with Crippen LogP contribution < -0.4 is 20.9 Å². The fourth-order valence-electron chi connectivity index (χ4n) is 2.60.